The molecule has 0 saturated carbocycles. The molecule has 8 nitrogen and oxygen atoms in total. The van der Waals surface area contributed by atoms with E-state index >= 15 is 0 Å². The molecule has 1 amide bonds. The van der Waals surface area contributed by atoms with Crippen LogP contribution in [0, 0.1) is 0 Å². The van der Waals surface area contributed by atoms with Crippen LogP contribution in [-0.2, 0) is 0 Å². The number of nitrogens with one attached hydrogen (secondary N) is 1. The Bertz CT molecular complexity index is 862. The molecule has 0 spiro atoms. The minimum absolute atomic E-state index is 0.213. The fourth-order valence-electron chi connectivity index (χ4n) is 2.37. The number of fused-ring (bicyclic) bond motifs is 1. The molecule has 120 valence electrons. The van der Waals surface area contributed by atoms with Gasteiger partial charge in [0.25, 0.3) is 5.91 Å². The summed E-state index contributed by atoms with van der Waals surface area (Å²) in [5.41, 5.74) is 1.95. The van der Waals surface area contributed by atoms with E-state index in [4.69, 9.17) is 9.47 Å². The Morgan fingerprint density at radius 1 is 1.04 bits per heavy atom. The maximum absolute atomic E-state index is 12.3. The lowest BCUT2D eigenvalue weighted by Gasteiger charge is -2.19. The van der Waals surface area contributed by atoms with Crippen LogP contribution in [0.15, 0.2) is 48.8 Å². The van der Waals surface area contributed by atoms with Crippen molar-refractivity contribution in [2.24, 2.45) is 0 Å². The molecule has 0 unspecified atom stereocenters. The molecule has 0 atom stereocenters. The van der Waals surface area contributed by atoms with Crippen molar-refractivity contribution in [2.45, 2.75) is 0 Å². The smallest absolute Gasteiger partial charge is 0.255 e. The highest BCUT2D eigenvalue weighted by Crippen LogP contribution is 2.32. The number of tetrazole rings is 1. The van der Waals surface area contributed by atoms with Crippen LogP contribution in [0.2, 0.25) is 0 Å². The number of hydrogen-bond acceptors (Lipinski definition) is 6. The van der Waals surface area contributed by atoms with Crippen molar-refractivity contribution in [3.63, 3.8) is 0 Å². The number of aromatic nitrogens is 4. The van der Waals surface area contributed by atoms with Gasteiger partial charge in [0, 0.05) is 17.3 Å². The predicted octanol–water partition coefficient (Wildman–Crippen LogP) is 1.69. The van der Waals surface area contributed by atoms with Crippen molar-refractivity contribution >= 4 is 11.6 Å². The Hall–Kier alpha value is -3.42. The van der Waals surface area contributed by atoms with E-state index in [0.29, 0.717) is 36.0 Å². The lowest BCUT2D eigenvalue weighted by molar-refractivity contribution is 0.102. The Kier molecular flexibility index (Phi) is 3.54. The van der Waals surface area contributed by atoms with E-state index in [1.807, 2.05) is 0 Å². The molecule has 1 N–H and O–H groups in total. The zero-order chi connectivity index (χ0) is 16.4. The first kappa shape index (κ1) is 14.2. The van der Waals surface area contributed by atoms with Gasteiger partial charge in [0.2, 0.25) is 0 Å². The average Bonchev–Trinajstić information content (AvgIpc) is 3.16. The maximum atomic E-state index is 12.3. The molecule has 0 saturated heterocycles. The van der Waals surface area contributed by atoms with Crippen molar-refractivity contribution < 1.29 is 14.3 Å². The van der Waals surface area contributed by atoms with Crippen molar-refractivity contribution in [3.05, 3.63) is 54.4 Å². The second kappa shape index (κ2) is 5.99. The minimum atomic E-state index is -0.213. The van der Waals surface area contributed by atoms with Gasteiger partial charge in [-0.25, -0.2) is 4.68 Å². The van der Waals surface area contributed by atoms with Crippen molar-refractivity contribution in [1.29, 1.82) is 0 Å². The first-order chi connectivity index (χ1) is 11.8. The first-order valence-electron chi connectivity index (χ1n) is 7.34. The number of benzene rings is 2. The van der Waals surface area contributed by atoms with Gasteiger partial charge in [-0.05, 0) is 46.8 Å². The normalized spacial score (nSPS) is 12.7. The van der Waals surface area contributed by atoms with Crippen LogP contribution in [0.1, 0.15) is 10.4 Å². The van der Waals surface area contributed by atoms with Crippen molar-refractivity contribution in [2.75, 3.05) is 18.5 Å². The topological polar surface area (TPSA) is 91.2 Å². The number of ether oxygens (including phenoxy) is 2. The lowest BCUT2D eigenvalue weighted by atomic mass is 10.2. The summed E-state index contributed by atoms with van der Waals surface area (Å²) in [7, 11) is 0. The quantitative estimate of drug-likeness (QED) is 0.788. The van der Waals surface area contributed by atoms with Crippen LogP contribution >= 0.6 is 0 Å². The number of rotatable bonds is 3. The van der Waals surface area contributed by atoms with Gasteiger partial charge in [-0.15, -0.1) is 5.10 Å². The Balaban J connectivity index is 1.50. The van der Waals surface area contributed by atoms with E-state index in [0.717, 1.165) is 5.69 Å². The number of hydrogen-bond donors (Lipinski definition) is 1. The summed E-state index contributed by atoms with van der Waals surface area (Å²) in [5, 5.41) is 13.8. The van der Waals surface area contributed by atoms with E-state index < -0.39 is 0 Å². The lowest BCUT2D eigenvalue weighted by Crippen LogP contribution is -2.16. The van der Waals surface area contributed by atoms with E-state index in [1.54, 1.807) is 42.5 Å². The van der Waals surface area contributed by atoms with E-state index in [9.17, 15) is 4.79 Å². The third-order valence-corrected chi connectivity index (χ3v) is 3.54. The average molecular weight is 323 g/mol. The summed E-state index contributed by atoms with van der Waals surface area (Å²) in [5.74, 6) is 1.10. The number of anilines is 1. The molecular weight excluding hydrogens is 310 g/mol. The van der Waals surface area contributed by atoms with Gasteiger partial charge in [-0.2, -0.15) is 0 Å². The molecule has 4 rings (SSSR count). The van der Waals surface area contributed by atoms with Crippen LogP contribution < -0.4 is 14.8 Å². The van der Waals surface area contributed by atoms with Crippen molar-refractivity contribution in [1.82, 2.24) is 20.2 Å². The highest BCUT2D eigenvalue weighted by Gasteiger charge is 2.13. The zero-order valence-corrected chi connectivity index (χ0v) is 12.5. The highest BCUT2D eigenvalue weighted by atomic mass is 16.6. The molecule has 0 fully saturated rings. The van der Waals surface area contributed by atoms with E-state index in [-0.39, 0.29) is 5.91 Å². The maximum Gasteiger partial charge on any atom is 0.255 e. The van der Waals surface area contributed by atoms with Gasteiger partial charge in [0.05, 0.1) is 5.69 Å². The van der Waals surface area contributed by atoms with Gasteiger partial charge >= 0.3 is 0 Å². The summed E-state index contributed by atoms with van der Waals surface area (Å²) in [6.07, 6.45) is 1.49. The molecule has 3 aromatic rings. The summed E-state index contributed by atoms with van der Waals surface area (Å²) in [6.45, 7) is 1.04. The molecular formula is C16H13N5O3. The monoisotopic (exact) mass is 323 g/mol. The van der Waals surface area contributed by atoms with Crippen LogP contribution in [0.5, 0.6) is 11.5 Å². The van der Waals surface area contributed by atoms with Gasteiger partial charge < -0.3 is 14.8 Å². The van der Waals surface area contributed by atoms with Crippen LogP contribution in [0.25, 0.3) is 5.69 Å². The van der Waals surface area contributed by atoms with Crippen molar-refractivity contribution in [3.8, 4) is 17.2 Å². The Labute approximate surface area is 137 Å². The van der Waals surface area contributed by atoms with Gasteiger partial charge in [-0.1, -0.05) is 0 Å². The standard InChI is InChI=1S/C16H13N5O3/c22-16(11-1-4-13(5-2-11)21-10-17-19-20-21)18-12-3-6-14-15(9-12)24-8-7-23-14/h1-6,9-10H,7-8H2,(H,18,22). The number of carbonyl (C=O) groups excluding carboxylic acids is 1. The van der Waals surface area contributed by atoms with Gasteiger partial charge in [-0.3, -0.25) is 4.79 Å². The summed E-state index contributed by atoms with van der Waals surface area (Å²) in [4.78, 5) is 12.3. The molecule has 1 aliphatic heterocycles. The summed E-state index contributed by atoms with van der Waals surface area (Å²) < 4.78 is 12.5. The fraction of sp³-hybridized carbons (Fsp3) is 0.125. The zero-order valence-electron chi connectivity index (χ0n) is 12.5. The largest absolute Gasteiger partial charge is 0.486 e. The molecule has 2 heterocycles. The van der Waals surface area contributed by atoms with E-state index in [2.05, 4.69) is 20.8 Å². The SMILES string of the molecule is O=C(Nc1ccc2c(c1)OCCO2)c1ccc(-n2cnnn2)cc1. The number of nitrogens with zero attached hydrogens (tertiary/aromatic N) is 4. The van der Waals surface area contributed by atoms with Gasteiger partial charge in [0.15, 0.2) is 11.5 Å². The summed E-state index contributed by atoms with van der Waals surface area (Å²) in [6, 6.07) is 12.3. The molecule has 0 radical (unpaired) electrons. The third kappa shape index (κ3) is 2.76. The minimum Gasteiger partial charge on any atom is -0.486 e. The summed E-state index contributed by atoms with van der Waals surface area (Å²) >= 11 is 0. The predicted molar refractivity (Wildman–Crippen MR) is 84.5 cm³/mol. The second-order valence-corrected chi connectivity index (χ2v) is 5.11. The van der Waals surface area contributed by atoms with E-state index in [1.165, 1.54) is 11.0 Å². The van der Waals surface area contributed by atoms with Crippen LogP contribution in [0.3, 0.4) is 0 Å². The first-order valence-corrected chi connectivity index (χ1v) is 7.34. The molecule has 0 aliphatic carbocycles. The fourth-order valence-corrected chi connectivity index (χ4v) is 2.37. The number of carbonyl (C=O) groups is 1. The molecule has 8 heteroatoms. The molecule has 24 heavy (non-hydrogen) atoms. The molecule has 0 bridgehead atoms. The van der Waals surface area contributed by atoms with Crippen LogP contribution in [-0.4, -0.2) is 39.3 Å². The molecule has 2 aromatic carbocycles. The van der Waals surface area contributed by atoms with Gasteiger partial charge in [0.1, 0.15) is 19.5 Å². The third-order valence-electron chi connectivity index (χ3n) is 3.54. The molecule has 1 aliphatic rings. The van der Waals surface area contributed by atoms with Crippen LogP contribution in [0.4, 0.5) is 5.69 Å². The Morgan fingerprint density at radius 2 is 1.83 bits per heavy atom. The highest BCUT2D eigenvalue weighted by molar-refractivity contribution is 6.04. The Morgan fingerprint density at radius 3 is 2.58 bits per heavy atom. The second-order valence-electron chi connectivity index (χ2n) is 5.11. The number of amides is 1. The molecule has 1 aromatic heterocycles.